The Hall–Kier alpha value is -0.900. The smallest absolute Gasteiger partial charge is 0.228 e. The summed E-state index contributed by atoms with van der Waals surface area (Å²) in [6, 6.07) is 0.0410. The maximum atomic E-state index is 12.8. The van der Waals surface area contributed by atoms with Crippen LogP contribution < -0.4 is 5.32 Å². The lowest BCUT2D eigenvalue weighted by Gasteiger charge is -2.35. The van der Waals surface area contributed by atoms with Gasteiger partial charge in [0.05, 0.1) is 6.04 Å². The molecule has 3 atom stereocenters. The summed E-state index contributed by atoms with van der Waals surface area (Å²) >= 11 is 0. The number of fused-ring (bicyclic) bond motifs is 1. The molecule has 20 heavy (non-hydrogen) atoms. The molecule has 114 valence electrons. The topological polar surface area (TPSA) is 49.4 Å². The van der Waals surface area contributed by atoms with Crippen molar-refractivity contribution >= 4 is 11.7 Å². The number of carbonyl (C=O) groups is 2. The highest BCUT2D eigenvalue weighted by molar-refractivity contribution is 5.94. The van der Waals surface area contributed by atoms with Gasteiger partial charge in [-0.2, -0.15) is 0 Å². The van der Waals surface area contributed by atoms with Gasteiger partial charge in [0.15, 0.2) is 5.78 Å². The van der Waals surface area contributed by atoms with Crippen LogP contribution in [0.15, 0.2) is 0 Å². The van der Waals surface area contributed by atoms with Crippen LogP contribution in [0, 0.1) is 16.7 Å². The van der Waals surface area contributed by atoms with Gasteiger partial charge in [-0.1, -0.05) is 41.5 Å². The predicted molar refractivity (Wildman–Crippen MR) is 79.3 cm³/mol. The van der Waals surface area contributed by atoms with E-state index in [0.717, 1.165) is 13.0 Å². The molecule has 0 radical (unpaired) electrons. The standard InChI is InChI=1S/C16H28N2O2/c1-15(2,3)13(19)12-10-7-8-17-11(10)9-18(12)14(20)16(4,5)6/h10-12,17H,7-9H2,1-6H3. The van der Waals surface area contributed by atoms with Crippen LogP contribution in [-0.4, -0.2) is 41.8 Å². The van der Waals surface area contributed by atoms with Crippen LogP contribution in [0.1, 0.15) is 48.0 Å². The van der Waals surface area contributed by atoms with Gasteiger partial charge >= 0.3 is 0 Å². The first kappa shape index (κ1) is 15.5. The number of nitrogens with one attached hydrogen (secondary N) is 1. The van der Waals surface area contributed by atoms with Crippen molar-refractivity contribution in [2.45, 2.75) is 60.0 Å². The maximum absolute atomic E-state index is 12.8. The highest BCUT2D eigenvalue weighted by atomic mass is 16.2. The Kier molecular flexibility index (Phi) is 3.74. The Morgan fingerprint density at radius 3 is 2.15 bits per heavy atom. The molecular formula is C16H28N2O2. The highest BCUT2D eigenvalue weighted by Gasteiger charge is 2.52. The van der Waals surface area contributed by atoms with Crippen LogP contribution in [0.25, 0.3) is 0 Å². The molecule has 0 aliphatic carbocycles. The van der Waals surface area contributed by atoms with Gasteiger partial charge in [-0.25, -0.2) is 0 Å². The van der Waals surface area contributed by atoms with Crippen molar-refractivity contribution in [2.24, 2.45) is 16.7 Å². The van der Waals surface area contributed by atoms with Crippen LogP contribution >= 0.6 is 0 Å². The van der Waals surface area contributed by atoms with Gasteiger partial charge in [0.2, 0.25) is 5.91 Å². The zero-order valence-corrected chi connectivity index (χ0v) is 13.6. The monoisotopic (exact) mass is 280 g/mol. The third kappa shape index (κ3) is 2.62. The van der Waals surface area contributed by atoms with E-state index in [4.69, 9.17) is 0 Å². The average Bonchev–Trinajstić information content (AvgIpc) is 2.83. The second-order valence-corrected chi connectivity index (χ2v) is 8.28. The number of Topliss-reactive ketones (excluding diaryl/α,β-unsaturated/α-hetero) is 1. The normalized spacial score (nSPS) is 30.5. The lowest BCUT2D eigenvalue weighted by atomic mass is 9.80. The van der Waals surface area contributed by atoms with Gasteiger partial charge in [-0.05, 0) is 13.0 Å². The number of hydrogen-bond donors (Lipinski definition) is 1. The third-order valence-corrected chi connectivity index (χ3v) is 4.45. The average molecular weight is 280 g/mol. The number of hydrogen-bond acceptors (Lipinski definition) is 3. The van der Waals surface area contributed by atoms with Gasteiger partial charge in [-0.3, -0.25) is 9.59 Å². The van der Waals surface area contributed by atoms with Gasteiger partial charge in [0.1, 0.15) is 0 Å². The van der Waals surface area contributed by atoms with Gasteiger partial charge in [0, 0.05) is 29.3 Å². The summed E-state index contributed by atoms with van der Waals surface area (Å²) in [5, 5.41) is 3.45. The largest absolute Gasteiger partial charge is 0.330 e. The summed E-state index contributed by atoms with van der Waals surface area (Å²) in [6.45, 7) is 13.3. The minimum absolute atomic E-state index is 0.0938. The molecule has 0 spiro atoms. The van der Waals surface area contributed by atoms with Crippen molar-refractivity contribution < 1.29 is 9.59 Å². The summed E-state index contributed by atoms with van der Waals surface area (Å²) in [5.74, 6) is 0.579. The number of likely N-dealkylation sites (tertiary alicyclic amines) is 1. The first-order valence-corrected chi connectivity index (χ1v) is 7.62. The summed E-state index contributed by atoms with van der Waals surface area (Å²) in [4.78, 5) is 27.4. The van der Waals surface area contributed by atoms with E-state index in [1.54, 1.807) is 0 Å². The lowest BCUT2D eigenvalue weighted by molar-refractivity contribution is -0.147. The summed E-state index contributed by atoms with van der Waals surface area (Å²) < 4.78 is 0. The fourth-order valence-corrected chi connectivity index (χ4v) is 3.34. The van der Waals surface area contributed by atoms with Crippen LogP contribution in [0.2, 0.25) is 0 Å². The summed E-state index contributed by atoms with van der Waals surface area (Å²) in [5.41, 5.74) is -0.840. The summed E-state index contributed by atoms with van der Waals surface area (Å²) in [6.07, 6.45) is 0.991. The molecule has 1 N–H and O–H groups in total. The molecule has 1 amide bonds. The lowest BCUT2D eigenvalue weighted by Crippen LogP contribution is -2.50. The van der Waals surface area contributed by atoms with E-state index in [0.29, 0.717) is 6.54 Å². The Morgan fingerprint density at radius 2 is 1.65 bits per heavy atom. The van der Waals surface area contributed by atoms with E-state index in [2.05, 4.69) is 5.32 Å². The number of carbonyl (C=O) groups excluding carboxylic acids is 2. The minimum Gasteiger partial charge on any atom is -0.330 e. The van der Waals surface area contributed by atoms with Crippen molar-refractivity contribution in [3.63, 3.8) is 0 Å². The first-order chi connectivity index (χ1) is 9.03. The Balaban J connectivity index is 2.31. The quantitative estimate of drug-likeness (QED) is 0.797. The van der Waals surface area contributed by atoms with Crippen LogP contribution in [0.4, 0.5) is 0 Å². The molecule has 0 aromatic heterocycles. The second-order valence-electron chi connectivity index (χ2n) is 8.28. The molecule has 2 aliphatic heterocycles. The van der Waals surface area contributed by atoms with Crippen molar-refractivity contribution in [1.82, 2.24) is 10.2 Å². The Bertz CT molecular complexity index is 417. The van der Waals surface area contributed by atoms with Crippen LogP contribution in [0.5, 0.6) is 0 Å². The summed E-state index contributed by atoms with van der Waals surface area (Å²) in [7, 11) is 0. The van der Waals surface area contributed by atoms with Crippen LogP contribution in [-0.2, 0) is 9.59 Å². The van der Waals surface area contributed by atoms with E-state index >= 15 is 0 Å². The van der Waals surface area contributed by atoms with E-state index in [9.17, 15) is 9.59 Å². The third-order valence-electron chi connectivity index (χ3n) is 4.45. The highest BCUT2D eigenvalue weighted by Crippen LogP contribution is 2.37. The van der Waals surface area contributed by atoms with Crippen molar-refractivity contribution in [3.05, 3.63) is 0 Å². The Labute approximate surface area is 122 Å². The van der Waals surface area contributed by atoms with Gasteiger partial charge in [0.25, 0.3) is 0 Å². The predicted octanol–water partition coefficient (Wildman–Crippen LogP) is 1.84. The Morgan fingerprint density at radius 1 is 1.05 bits per heavy atom. The molecule has 0 bridgehead atoms. The fraction of sp³-hybridized carbons (Fsp3) is 0.875. The van der Waals surface area contributed by atoms with E-state index < -0.39 is 10.8 Å². The number of rotatable bonds is 1. The van der Waals surface area contributed by atoms with Gasteiger partial charge < -0.3 is 10.2 Å². The van der Waals surface area contributed by atoms with E-state index in [1.165, 1.54) is 0 Å². The van der Waals surface area contributed by atoms with Crippen LogP contribution in [0.3, 0.4) is 0 Å². The van der Waals surface area contributed by atoms with Crippen molar-refractivity contribution in [2.75, 3.05) is 13.1 Å². The first-order valence-electron chi connectivity index (χ1n) is 7.62. The van der Waals surface area contributed by atoms with E-state index in [1.807, 2.05) is 46.4 Å². The molecule has 0 saturated carbocycles. The van der Waals surface area contributed by atoms with Crippen molar-refractivity contribution in [3.8, 4) is 0 Å². The molecule has 0 aromatic rings. The molecular weight excluding hydrogens is 252 g/mol. The number of nitrogens with zero attached hydrogens (tertiary/aromatic N) is 1. The molecule has 2 fully saturated rings. The molecule has 4 heteroatoms. The second kappa shape index (κ2) is 4.83. The molecule has 2 rings (SSSR count). The number of amides is 1. The molecule has 0 aromatic carbocycles. The molecule has 4 nitrogen and oxygen atoms in total. The van der Waals surface area contributed by atoms with Gasteiger partial charge in [-0.15, -0.1) is 0 Å². The minimum atomic E-state index is -0.435. The maximum Gasteiger partial charge on any atom is 0.228 e. The molecule has 2 aliphatic rings. The van der Waals surface area contributed by atoms with E-state index in [-0.39, 0.29) is 29.7 Å². The molecule has 2 heterocycles. The fourth-order valence-electron chi connectivity index (χ4n) is 3.34. The van der Waals surface area contributed by atoms with Crippen molar-refractivity contribution in [1.29, 1.82) is 0 Å². The molecule has 2 saturated heterocycles. The SMILES string of the molecule is CC(C)(C)C(=O)C1C2CCNC2CN1C(=O)C(C)(C)C. The number of ketones is 1. The molecule has 3 unspecified atom stereocenters. The zero-order valence-electron chi connectivity index (χ0n) is 13.6. The zero-order chi connectivity index (χ0) is 15.3.